The number of aromatic nitrogens is 2. The van der Waals surface area contributed by atoms with Crippen LogP contribution in [0.4, 0.5) is 10.1 Å². The van der Waals surface area contributed by atoms with Crippen molar-refractivity contribution in [3.05, 3.63) is 64.8 Å². The highest BCUT2D eigenvalue weighted by Crippen LogP contribution is 2.25. The number of benzene rings is 1. The lowest BCUT2D eigenvalue weighted by Gasteiger charge is -2.07. The zero-order chi connectivity index (χ0) is 13.2. The second kappa shape index (κ2) is 5.01. The molecule has 0 radical (unpaired) electrons. The van der Waals surface area contributed by atoms with Crippen molar-refractivity contribution >= 4 is 27.3 Å². The molecule has 96 valence electrons. The summed E-state index contributed by atoms with van der Waals surface area (Å²) in [6.45, 7) is 0.473. The molecule has 1 N–H and O–H groups in total. The number of halogens is 2. The lowest BCUT2D eigenvalue weighted by atomic mass is 10.3. The molecule has 0 fully saturated rings. The number of hydrogen-bond acceptors (Lipinski definition) is 2. The third-order valence-electron chi connectivity index (χ3n) is 2.82. The third-order valence-corrected chi connectivity index (χ3v) is 3.48. The van der Waals surface area contributed by atoms with Gasteiger partial charge in [0.05, 0.1) is 17.9 Å². The average Bonchev–Trinajstić information content (AvgIpc) is 2.81. The summed E-state index contributed by atoms with van der Waals surface area (Å²) in [6, 6.07) is 10.7. The van der Waals surface area contributed by atoms with Gasteiger partial charge in [-0.05, 0) is 40.2 Å². The minimum atomic E-state index is -0.280. The molecule has 3 rings (SSSR count). The van der Waals surface area contributed by atoms with Crippen LogP contribution >= 0.6 is 15.9 Å². The molecular weight excluding hydrogens is 309 g/mol. The molecule has 1 aromatic carbocycles. The first-order valence-corrected chi connectivity index (χ1v) is 6.64. The van der Waals surface area contributed by atoms with Gasteiger partial charge in [-0.25, -0.2) is 9.37 Å². The molecule has 2 aromatic heterocycles. The standard InChI is InChI=1S/C14H11BrFN3/c15-11-4-3-5-12(16)14(11)17-8-10-9-19-7-2-1-6-13(19)18-10/h1-7,9,17H,8H2. The molecule has 0 saturated heterocycles. The predicted molar refractivity (Wildman–Crippen MR) is 76.6 cm³/mol. The van der Waals surface area contributed by atoms with Crippen molar-refractivity contribution in [1.82, 2.24) is 9.38 Å². The Hall–Kier alpha value is -1.88. The molecule has 0 atom stereocenters. The van der Waals surface area contributed by atoms with Crippen LogP contribution < -0.4 is 5.32 Å². The van der Waals surface area contributed by atoms with Crippen LogP contribution in [-0.4, -0.2) is 9.38 Å². The average molecular weight is 320 g/mol. The van der Waals surface area contributed by atoms with Gasteiger partial charge >= 0.3 is 0 Å². The van der Waals surface area contributed by atoms with Crippen LogP contribution in [0.2, 0.25) is 0 Å². The van der Waals surface area contributed by atoms with Crippen LogP contribution in [0.25, 0.3) is 5.65 Å². The Labute approximate surface area is 118 Å². The first kappa shape index (κ1) is 12.2. The summed E-state index contributed by atoms with van der Waals surface area (Å²) in [6.07, 6.45) is 3.86. The highest BCUT2D eigenvalue weighted by molar-refractivity contribution is 9.10. The van der Waals surface area contributed by atoms with Gasteiger partial charge in [0.2, 0.25) is 0 Å². The van der Waals surface area contributed by atoms with E-state index in [0.717, 1.165) is 11.3 Å². The maximum atomic E-state index is 13.6. The van der Waals surface area contributed by atoms with Crippen LogP contribution in [0, 0.1) is 5.82 Å². The maximum absolute atomic E-state index is 13.6. The first-order chi connectivity index (χ1) is 9.24. The summed E-state index contributed by atoms with van der Waals surface area (Å²) in [7, 11) is 0. The summed E-state index contributed by atoms with van der Waals surface area (Å²) in [5.41, 5.74) is 2.20. The van der Waals surface area contributed by atoms with Crippen LogP contribution in [0.3, 0.4) is 0 Å². The molecule has 3 nitrogen and oxygen atoms in total. The molecule has 0 aliphatic rings. The number of hydrogen-bond donors (Lipinski definition) is 1. The van der Waals surface area contributed by atoms with Gasteiger partial charge in [-0.1, -0.05) is 12.1 Å². The fourth-order valence-electron chi connectivity index (χ4n) is 1.92. The molecule has 0 aliphatic heterocycles. The van der Waals surface area contributed by atoms with Crippen LogP contribution in [0.15, 0.2) is 53.3 Å². The SMILES string of the molecule is Fc1cccc(Br)c1NCc1cn2ccccc2n1. The van der Waals surface area contributed by atoms with Crippen LogP contribution in [0.5, 0.6) is 0 Å². The number of nitrogens with zero attached hydrogens (tertiary/aromatic N) is 2. The minimum Gasteiger partial charge on any atom is -0.376 e. The van der Waals surface area contributed by atoms with Crippen molar-refractivity contribution in [3.8, 4) is 0 Å². The number of pyridine rings is 1. The molecule has 5 heteroatoms. The number of nitrogens with one attached hydrogen (secondary N) is 1. The summed E-state index contributed by atoms with van der Waals surface area (Å²) >= 11 is 3.33. The summed E-state index contributed by atoms with van der Waals surface area (Å²) in [5, 5.41) is 3.06. The van der Waals surface area contributed by atoms with E-state index in [2.05, 4.69) is 26.2 Å². The highest BCUT2D eigenvalue weighted by atomic mass is 79.9. The molecule has 0 saturated carbocycles. The normalized spacial score (nSPS) is 10.8. The fourth-order valence-corrected chi connectivity index (χ4v) is 2.40. The summed E-state index contributed by atoms with van der Waals surface area (Å²) in [4.78, 5) is 4.45. The Morgan fingerprint density at radius 1 is 1.21 bits per heavy atom. The monoisotopic (exact) mass is 319 g/mol. The van der Waals surface area contributed by atoms with Gasteiger partial charge in [0.25, 0.3) is 0 Å². The van der Waals surface area contributed by atoms with Gasteiger partial charge in [-0.3, -0.25) is 0 Å². The number of imidazole rings is 1. The molecule has 19 heavy (non-hydrogen) atoms. The number of rotatable bonds is 3. The lowest BCUT2D eigenvalue weighted by molar-refractivity contribution is 0.629. The van der Waals surface area contributed by atoms with Crippen molar-refractivity contribution in [2.24, 2.45) is 0 Å². The van der Waals surface area contributed by atoms with E-state index in [1.165, 1.54) is 6.07 Å². The lowest BCUT2D eigenvalue weighted by Crippen LogP contribution is -2.02. The van der Waals surface area contributed by atoms with E-state index in [1.54, 1.807) is 12.1 Å². The summed E-state index contributed by atoms with van der Waals surface area (Å²) in [5.74, 6) is -0.280. The molecule has 0 aliphatic carbocycles. The first-order valence-electron chi connectivity index (χ1n) is 5.84. The van der Waals surface area contributed by atoms with Gasteiger partial charge in [0, 0.05) is 16.9 Å². The van der Waals surface area contributed by atoms with E-state index in [9.17, 15) is 4.39 Å². The van der Waals surface area contributed by atoms with Gasteiger partial charge in [-0.15, -0.1) is 0 Å². The molecule has 0 spiro atoms. The molecule has 0 bridgehead atoms. The molecular formula is C14H11BrFN3. The Kier molecular flexibility index (Phi) is 3.21. The Morgan fingerprint density at radius 2 is 2.11 bits per heavy atom. The number of fused-ring (bicyclic) bond motifs is 1. The highest BCUT2D eigenvalue weighted by Gasteiger charge is 2.07. The zero-order valence-electron chi connectivity index (χ0n) is 9.98. The molecule has 2 heterocycles. The van der Waals surface area contributed by atoms with E-state index >= 15 is 0 Å². The molecule has 0 amide bonds. The quantitative estimate of drug-likeness (QED) is 0.794. The van der Waals surface area contributed by atoms with Gasteiger partial charge in [-0.2, -0.15) is 0 Å². The topological polar surface area (TPSA) is 29.3 Å². The Morgan fingerprint density at radius 3 is 2.89 bits per heavy atom. The van der Waals surface area contributed by atoms with Crippen molar-refractivity contribution in [1.29, 1.82) is 0 Å². The van der Waals surface area contributed by atoms with E-state index < -0.39 is 0 Å². The van der Waals surface area contributed by atoms with Crippen molar-refractivity contribution in [2.75, 3.05) is 5.32 Å². The second-order valence-electron chi connectivity index (χ2n) is 4.15. The van der Waals surface area contributed by atoms with Crippen molar-refractivity contribution in [2.45, 2.75) is 6.54 Å². The van der Waals surface area contributed by atoms with Gasteiger partial charge in [0.1, 0.15) is 11.5 Å². The maximum Gasteiger partial charge on any atom is 0.147 e. The van der Waals surface area contributed by atoms with Crippen molar-refractivity contribution < 1.29 is 4.39 Å². The number of anilines is 1. The molecule has 3 aromatic rings. The third kappa shape index (κ3) is 2.46. The zero-order valence-corrected chi connectivity index (χ0v) is 11.6. The molecule has 0 unspecified atom stereocenters. The van der Waals surface area contributed by atoms with Crippen LogP contribution in [0.1, 0.15) is 5.69 Å². The van der Waals surface area contributed by atoms with E-state index in [0.29, 0.717) is 16.7 Å². The van der Waals surface area contributed by atoms with Crippen molar-refractivity contribution in [3.63, 3.8) is 0 Å². The second-order valence-corrected chi connectivity index (χ2v) is 5.00. The largest absolute Gasteiger partial charge is 0.376 e. The Bertz CT molecular complexity index is 670. The van der Waals surface area contributed by atoms with E-state index in [4.69, 9.17) is 0 Å². The van der Waals surface area contributed by atoms with Gasteiger partial charge < -0.3 is 9.72 Å². The smallest absolute Gasteiger partial charge is 0.147 e. The van der Waals surface area contributed by atoms with Crippen LogP contribution in [-0.2, 0) is 6.54 Å². The fraction of sp³-hybridized carbons (Fsp3) is 0.0714. The van der Waals surface area contributed by atoms with E-state index in [1.807, 2.05) is 35.0 Å². The van der Waals surface area contributed by atoms with E-state index in [-0.39, 0.29) is 5.82 Å². The predicted octanol–water partition coefficient (Wildman–Crippen LogP) is 3.85. The number of para-hydroxylation sites is 1. The summed E-state index contributed by atoms with van der Waals surface area (Å²) < 4.78 is 16.3. The Balaban J connectivity index is 1.82. The van der Waals surface area contributed by atoms with Gasteiger partial charge in [0.15, 0.2) is 0 Å². The minimum absolute atomic E-state index is 0.280.